The van der Waals surface area contributed by atoms with Gasteiger partial charge in [-0.3, -0.25) is 4.79 Å². The summed E-state index contributed by atoms with van der Waals surface area (Å²) in [6.45, 7) is 2.12. The van der Waals surface area contributed by atoms with Gasteiger partial charge >= 0.3 is 5.97 Å². The van der Waals surface area contributed by atoms with E-state index in [-0.39, 0.29) is 23.8 Å². The standard InChI is InChI=1S/C23H26N2O2/c1-16(25(2)3)19(17-11-7-5-8-12-17)23(15-24)20(21(23)22(26)27-4)18-13-9-6-10-14-18/h5-14,16,19-21H,1-4H3/t16-,19+,20-,21+,23+/m0/s1. The molecule has 0 spiro atoms. The van der Waals surface area contributed by atoms with E-state index in [0.29, 0.717) is 0 Å². The highest BCUT2D eigenvalue weighted by Gasteiger charge is 2.74. The fraction of sp³-hybridized carbons (Fsp3) is 0.391. The number of hydrogen-bond acceptors (Lipinski definition) is 4. The molecule has 2 aromatic carbocycles. The second-order valence-electron chi connectivity index (χ2n) is 7.53. The van der Waals surface area contributed by atoms with Crippen LogP contribution in [0.3, 0.4) is 0 Å². The van der Waals surface area contributed by atoms with Gasteiger partial charge in [0.2, 0.25) is 0 Å². The molecular weight excluding hydrogens is 336 g/mol. The van der Waals surface area contributed by atoms with Gasteiger partial charge in [-0.05, 0) is 32.1 Å². The lowest BCUT2D eigenvalue weighted by molar-refractivity contribution is -0.143. The number of carbonyl (C=O) groups is 1. The van der Waals surface area contributed by atoms with Crippen molar-refractivity contribution < 1.29 is 9.53 Å². The molecule has 0 amide bonds. The molecule has 4 heteroatoms. The van der Waals surface area contributed by atoms with Gasteiger partial charge in [0.05, 0.1) is 24.5 Å². The van der Waals surface area contributed by atoms with E-state index in [1.165, 1.54) is 7.11 Å². The Hall–Kier alpha value is -2.64. The molecule has 2 aromatic rings. The van der Waals surface area contributed by atoms with Gasteiger partial charge in [-0.25, -0.2) is 0 Å². The first-order chi connectivity index (χ1) is 13.0. The number of hydrogen-bond donors (Lipinski definition) is 0. The van der Waals surface area contributed by atoms with E-state index in [1.54, 1.807) is 0 Å². The largest absolute Gasteiger partial charge is 0.469 e. The highest BCUT2D eigenvalue weighted by atomic mass is 16.5. The maximum Gasteiger partial charge on any atom is 0.311 e. The average Bonchev–Trinajstić information content (AvgIpc) is 3.38. The van der Waals surface area contributed by atoms with Gasteiger partial charge in [-0.1, -0.05) is 60.7 Å². The summed E-state index contributed by atoms with van der Waals surface area (Å²) in [5, 5.41) is 10.4. The third kappa shape index (κ3) is 3.13. The zero-order valence-corrected chi connectivity index (χ0v) is 16.3. The molecule has 0 aromatic heterocycles. The molecule has 1 saturated carbocycles. The molecule has 0 aliphatic heterocycles. The zero-order valence-electron chi connectivity index (χ0n) is 16.3. The molecule has 0 saturated heterocycles. The summed E-state index contributed by atoms with van der Waals surface area (Å²) in [6.07, 6.45) is 0. The second-order valence-corrected chi connectivity index (χ2v) is 7.53. The molecule has 3 rings (SSSR count). The fourth-order valence-corrected chi connectivity index (χ4v) is 4.50. The first kappa shape index (κ1) is 19.1. The van der Waals surface area contributed by atoms with Crippen LogP contribution < -0.4 is 0 Å². The van der Waals surface area contributed by atoms with Gasteiger partial charge in [-0.15, -0.1) is 0 Å². The van der Waals surface area contributed by atoms with Crippen LogP contribution in [0.4, 0.5) is 0 Å². The Morgan fingerprint density at radius 1 is 1.11 bits per heavy atom. The molecule has 4 nitrogen and oxygen atoms in total. The monoisotopic (exact) mass is 362 g/mol. The predicted octanol–water partition coefficient (Wildman–Crippen LogP) is 3.82. The summed E-state index contributed by atoms with van der Waals surface area (Å²) >= 11 is 0. The Labute approximate surface area is 161 Å². The van der Waals surface area contributed by atoms with E-state index >= 15 is 0 Å². The Morgan fingerprint density at radius 2 is 1.67 bits per heavy atom. The molecule has 1 aliphatic carbocycles. The topological polar surface area (TPSA) is 53.3 Å². The van der Waals surface area contributed by atoms with E-state index in [9.17, 15) is 10.1 Å². The van der Waals surface area contributed by atoms with Crippen LogP contribution in [0.25, 0.3) is 0 Å². The van der Waals surface area contributed by atoms with Crippen LogP contribution in [0.2, 0.25) is 0 Å². The normalized spacial score (nSPS) is 26.1. The first-order valence-corrected chi connectivity index (χ1v) is 9.24. The van der Waals surface area contributed by atoms with Gasteiger partial charge in [0.15, 0.2) is 0 Å². The summed E-state index contributed by atoms with van der Waals surface area (Å²) in [4.78, 5) is 14.8. The van der Waals surface area contributed by atoms with Crippen LogP contribution in [-0.2, 0) is 9.53 Å². The van der Waals surface area contributed by atoms with E-state index < -0.39 is 11.3 Å². The molecule has 5 atom stereocenters. The van der Waals surface area contributed by atoms with Crippen LogP contribution in [0, 0.1) is 22.7 Å². The Kier molecular flexibility index (Phi) is 5.34. The first-order valence-electron chi connectivity index (χ1n) is 9.24. The Balaban J connectivity index is 2.17. The van der Waals surface area contributed by atoms with Crippen LogP contribution >= 0.6 is 0 Å². The van der Waals surface area contributed by atoms with Crippen molar-refractivity contribution in [2.24, 2.45) is 11.3 Å². The SMILES string of the molecule is COC(=O)[C@H]1[C@H](c2ccccc2)[C@@]1(C#N)[C@@H](c1ccccc1)[C@H](C)N(C)C. The lowest BCUT2D eigenvalue weighted by Gasteiger charge is -2.34. The number of carbonyl (C=O) groups excluding carboxylic acids is 1. The highest BCUT2D eigenvalue weighted by Crippen LogP contribution is 2.71. The third-order valence-corrected chi connectivity index (χ3v) is 6.03. The molecule has 140 valence electrons. The van der Waals surface area contributed by atoms with Crippen LogP contribution in [0.1, 0.15) is 29.9 Å². The Bertz CT molecular complexity index is 828. The number of methoxy groups -OCH3 is 1. The number of esters is 1. The molecular formula is C23H26N2O2. The van der Waals surface area contributed by atoms with E-state index in [2.05, 4.69) is 30.0 Å². The molecule has 0 N–H and O–H groups in total. The minimum atomic E-state index is -0.834. The van der Waals surface area contributed by atoms with Crippen molar-refractivity contribution in [2.75, 3.05) is 21.2 Å². The molecule has 1 fully saturated rings. The summed E-state index contributed by atoms with van der Waals surface area (Å²) in [7, 11) is 5.43. The van der Waals surface area contributed by atoms with Crippen molar-refractivity contribution >= 4 is 5.97 Å². The van der Waals surface area contributed by atoms with Gasteiger partial charge < -0.3 is 9.64 Å². The molecule has 0 heterocycles. The van der Waals surface area contributed by atoms with Crippen molar-refractivity contribution in [3.05, 3.63) is 71.8 Å². The maximum atomic E-state index is 12.7. The predicted molar refractivity (Wildman–Crippen MR) is 105 cm³/mol. The van der Waals surface area contributed by atoms with Crippen molar-refractivity contribution in [1.29, 1.82) is 5.26 Å². The number of rotatable bonds is 6. The second kappa shape index (κ2) is 7.54. The van der Waals surface area contributed by atoms with E-state index in [4.69, 9.17) is 4.74 Å². The molecule has 27 heavy (non-hydrogen) atoms. The smallest absolute Gasteiger partial charge is 0.311 e. The molecule has 0 unspecified atom stereocenters. The maximum absolute atomic E-state index is 12.7. The van der Waals surface area contributed by atoms with Crippen LogP contribution in [0.5, 0.6) is 0 Å². The Morgan fingerprint density at radius 3 is 2.15 bits per heavy atom. The van der Waals surface area contributed by atoms with Crippen LogP contribution in [-0.4, -0.2) is 38.1 Å². The quantitative estimate of drug-likeness (QED) is 0.733. The minimum absolute atomic E-state index is 0.0768. The molecule has 0 radical (unpaired) electrons. The van der Waals surface area contributed by atoms with E-state index in [0.717, 1.165) is 11.1 Å². The molecule has 1 aliphatic rings. The third-order valence-electron chi connectivity index (χ3n) is 6.03. The number of nitriles is 1. The number of nitrogens with zero attached hydrogens (tertiary/aromatic N) is 2. The van der Waals surface area contributed by atoms with Gasteiger partial charge in [0.1, 0.15) is 0 Å². The summed E-state index contributed by atoms with van der Waals surface area (Å²) in [5.74, 6) is -1.07. The van der Waals surface area contributed by atoms with Crippen molar-refractivity contribution in [3.8, 4) is 6.07 Å². The van der Waals surface area contributed by atoms with Gasteiger partial charge in [-0.2, -0.15) is 5.26 Å². The summed E-state index contributed by atoms with van der Waals surface area (Å²) in [6, 6.07) is 22.6. The number of benzene rings is 2. The van der Waals surface area contributed by atoms with Crippen molar-refractivity contribution in [1.82, 2.24) is 4.90 Å². The highest BCUT2D eigenvalue weighted by molar-refractivity contribution is 5.81. The van der Waals surface area contributed by atoms with Crippen molar-refractivity contribution in [2.45, 2.75) is 24.8 Å². The van der Waals surface area contributed by atoms with Gasteiger partial charge in [0, 0.05) is 17.9 Å². The minimum Gasteiger partial charge on any atom is -0.469 e. The zero-order chi connectivity index (χ0) is 19.6. The van der Waals surface area contributed by atoms with Gasteiger partial charge in [0.25, 0.3) is 0 Å². The lowest BCUT2D eigenvalue weighted by Crippen LogP contribution is -2.37. The fourth-order valence-electron chi connectivity index (χ4n) is 4.50. The van der Waals surface area contributed by atoms with E-state index in [1.807, 2.05) is 62.6 Å². The summed E-state index contributed by atoms with van der Waals surface area (Å²) in [5.41, 5.74) is 1.26. The lowest BCUT2D eigenvalue weighted by atomic mass is 9.75. The molecule has 0 bridgehead atoms. The van der Waals surface area contributed by atoms with Crippen molar-refractivity contribution in [3.63, 3.8) is 0 Å². The number of likely N-dealkylation sites (N-methyl/N-ethyl adjacent to an activating group) is 1. The van der Waals surface area contributed by atoms with Crippen LogP contribution in [0.15, 0.2) is 60.7 Å². The average molecular weight is 362 g/mol. The number of ether oxygens (including phenoxy) is 1. The summed E-state index contributed by atoms with van der Waals surface area (Å²) < 4.78 is 5.11.